The average molecular weight is 393 g/mol. The number of hydrogen-bond acceptors (Lipinski definition) is 7. The van der Waals surface area contributed by atoms with E-state index in [-0.39, 0.29) is 16.4 Å². The second-order valence-corrected chi connectivity index (χ2v) is 6.63. The van der Waals surface area contributed by atoms with E-state index >= 15 is 0 Å². The molecule has 138 valence electrons. The van der Waals surface area contributed by atoms with Gasteiger partial charge in [-0.3, -0.25) is 25.0 Å². The Morgan fingerprint density at radius 2 is 2.00 bits per heavy atom. The highest BCUT2D eigenvalue weighted by Crippen LogP contribution is 2.27. The number of non-ortho nitro benzene ring substituents is 1. The summed E-state index contributed by atoms with van der Waals surface area (Å²) in [5.41, 5.74) is 0.808. The molecule has 0 spiro atoms. The molecule has 0 aliphatic heterocycles. The van der Waals surface area contributed by atoms with E-state index in [9.17, 15) is 19.7 Å². The third-order valence-corrected chi connectivity index (χ3v) is 4.76. The molecule has 9 heteroatoms. The maximum Gasteiger partial charge on any atom is 0.270 e. The van der Waals surface area contributed by atoms with Crippen molar-refractivity contribution in [3.63, 3.8) is 0 Å². The number of para-hydroxylation sites is 1. The van der Waals surface area contributed by atoms with Gasteiger partial charge in [0, 0.05) is 23.1 Å². The normalized spacial score (nSPS) is 10.7. The molecule has 0 bridgehead atoms. The van der Waals surface area contributed by atoms with E-state index in [1.165, 1.54) is 12.1 Å². The van der Waals surface area contributed by atoms with Crippen LogP contribution in [0.2, 0.25) is 0 Å². The summed E-state index contributed by atoms with van der Waals surface area (Å²) in [6, 6.07) is 12.7. The van der Waals surface area contributed by atoms with Crippen molar-refractivity contribution in [1.82, 2.24) is 4.98 Å². The molecular formula is C19H11N3O5S. The summed E-state index contributed by atoms with van der Waals surface area (Å²) in [7, 11) is 0. The fourth-order valence-corrected chi connectivity index (χ4v) is 3.36. The molecule has 8 nitrogen and oxygen atoms in total. The van der Waals surface area contributed by atoms with Crippen molar-refractivity contribution >= 4 is 39.0 Å². The van der Waals surface area contributed by atoms with Gasteiger partial charge < -0.3 is 4.42 Å². The topological polar surface area (TPSA) is 115 Å². The van der Waals surface area contributed by atoms with Crippen molar-refractivity contribution in [2.24, 2.45) is 0 Å². The molecule has 0 radical (unpaired) electrons. The lowest BCUT2D eigenvalue weighted by molar-refractivity contribution is -0.384. The van der Waals surface area contributed by atoms with Gasteiger partial charge in [0.15, 0.2) is 5.13 Å². The lowest BCUT2D eigenvalue weighted by Crippen LogP contribution is -2.21. The highest BCUT2D eigenvalue weighted by atomic mass is 32.1. The third-order valence-electron chi connectivity index (χ3n) is 4.00. The molecule has 0 aliphatic carbocycles. The third kappa shape index (κ3) is 3.26. The largest absolute Gasteiger partial charge is 0.463 e. The van der Waals surface area contributed by atoms with Crippen LogP contribution in [0.3, 0.4) is 0 Å². The number of aromatic nitrogens is 1. The SMILES string of the molecule is O=C(Nc1nc(-c2cccc([N+](=O)[O-])c2)cs1)c1coc2ccccc2c1=O. The van der Waals surface area contributed by atoms with Gasteiger partial charge in [0.25, 0.3) is 11.6 Å². The predicted molar refractivity (Wildman–Crippen MR) is 105 cm³/mol. The van der Waals surface area contributed by atoms with Crippen LogP contribution in [0.1, 0.15) is 10.4 Å². The van der Waals surface area contributed by atoms with E-state index in [4.69, 9.17) is 4.42 Å². The standard InChI is InChI=1S/C19H11N3O5S/c23-17-13-6-1-2-7-16(13)27-9-14(17)18(24)21-19-20-15(10-28-19)11-4-3-5-12(8-11)22(25)26/h1-10H,(H,20,21,24). The zero-order valence-corrected chi connectivity index (χ0v) is 14.9. The molecule has 0 saturated heterocycles. The van der Waals surface area contributed by atoms with Crippen LogP contribution >= 0.6 is 11.3 Å². The maximum absolute atomic E-state index is 12.5. The second-order valence-electron chi connectivity index (χ2n) is 5.77. The lowest BCUT2D eigenvalue weighted by Gasteiger charge is -2.02. The van der Waals surface area contributed by atoms with Gasteiger partial charge in [-0.15, -0.1) is 11.3 Å². The molecule has 4 rings (SSSR count). The van der Waals surface area contributed by atoms with Gasteiger partial charge in [0.2, 0.25) is 5.43 Å². The second kappa shape index (κ2) is 7.05. The van der Waals surface area contributed by atoms with E-state index in [1.54, 1.807) is 41.8 Å². The molecule has 1 N–H and O–H groups in total. The fourth-order valence-electron chi connectivity index (χ4n) is 2.64. The zero-order chi connectivity index (χ0) is 19.7. The van der Waals surface area contributed by atoms with Crippen LogP contribution in [-0.4, -0.2) is 15.8 Å². The minimum Gasteiger partial charge on any atom is -0.463 e. The molecule has 2 aromatic carbocycles. The highest BCUT2D eigenvalue weighted by Gasteiger charge is 2.16. The van der Waals surface area contributed by atoms with Gasteiger partial charge in [-0.1, -0.05) is 24.3 Å². The number of nitrogens with zero attached hydrogens (tertiary/aromatic N) is 2. The summed E-state index contributed by atoms with van der Waals surface area (Å²) in [4.78, 5) is 39.7. The summed E-state index contributed by atoms with van der Waals surface area (Å²) in [6.07, 6.45) is 1.12. The number of fused-ring (bicyclic) bond motifs is 1. The average Bonchev–Trinajstić information content (AvgIpc) is 3.17. The van der Waals surface area contributed by atoms with Crippen LogP contribution < -0.4 is 10.7 Å². The molecule has 2 aromatic heterocycles. The molecule has 0 saturated carbocycles. The van der Waals surface area contributed by atoms with E-state index < -0.39 is 16.3 Å². The molecule has 4 aromatic rings. The molecule has 0 aliphatic rings. The van der Waals surface area contributed by atoms with Crippen molar-refractivity contribution in [2.45, 2.75) is 0 Å². The predicted octanol–water partition coefficient (Wildman–Crippen LogP) is 4.08. The number of nitro benzene ring substituents is 1. The van der Waals surface area contributed by atoms with Crippen LogP contribution in [0.15, 0.2) is 69.4 Å². The van der Waals surface area contributed by atoms with Gasteiger partial charge in [-0.2, -0.15) is 0 Å². The molecule has 0 atom stereocenters. The number of hydrogen-bond donors (Lipinski definition) is 1. The van der Waals surface area contributed by atoms with Gasteiger partial charge in [-0.05, 0) is 12.1 Å². The van der Waals surface area contributed by atoms with Crippen molar-refractivity contribution in [3.8, 4) is 11.3 Å². The Balaban J connectivity index is 1.60. The Kier molecular flexibility index (Phi) is 4.42. The Bertz CT molecular complexity index is 1280. The minimum absolute atomic E-state index is 0.0511. The summed E-state index contributed by atoms with van der Waals surface area (Å²) in [5.74, 6) is -0.639. The Hall–Kier alpha value is -3.85. The van der Waals surface area contributed by atoms with Crippen LogP contribution in [0.4, 0.5) is 10.8 Å². The van der Waals surface area contributed by atoms with E-state index in [1.807, 2.05) is 0 Å². The Labute approximate surface area is 161 Å². The van der Waals surface area contributed by atoms with Crippen LogP contribution in [-0.2, 0) is 0 Å². The number of amides is 1. The van der Waals surface area contributed by atoms with Crippen LogP contribution in [0, 0.1) is 10.1 Å². The van der Waals surface area contributed by atoms with Crippen molar-refractivity contribution in [1.29, 1.82) is 0 Å². The monoisotopic (exact) mass is 393 g/mol. The first-order chi connectivity index (χ1) is 13.5. The minimum atomic E-state index is -0.639. The number of carbonyl (C=O) groups is 1. The van der Waals surface area contributed by atoms with Crippen molar-refractivity contribution < 1.29 is 14.1 Å². The molecular weight excluding hydrogens is 382 g/mol. The molecule has 28 heavy (non-hydrogen) atoms. The van der Waals surface area contributed by atoms with E-state index in [0.717, 1.165) is 17.6 Å². The number of nitrogens with one attached hydrogen (secondary N) is 1. The first kappa shape index (κ1) is 17.6. The van der Waals surface area contributed by atoms with E-state index in [0.29, 0.717) is 22.2 Å². The summed E-state index contributed by atoms with van der Waals surface area (Å²) in [5, 5.41) is 15.7. The smallest absolute Gasteiger partial charge is 0.270 e. The first-order valence-corrected chi connectivity index (χ1v) is 8.93. The highest BCUT2D eigenvalue weighted by molar-refractivity contribution is 7.14. The lowest BCUT2D eigenvalue weighted by atomic mass is 10.1. The number of anilines is 1. The molecule has 0 unspecified atom stereocenters. The Morgan fingerprint density at radius 1 is 1.18 bits per heavy atom. The molecule has 2 heterocycles. The first-order valence-electron chi connectivity index (χ1n) is 8.05. The van der Waals surface area contributed by atoms with E-state index in [2.05, 4.69) is 10.3 Å². The number of carbonyl (C=O) groups excluding carboxylic acids is 1. The van der Waals surface area contributed by atoms with Crippen molar-refractivity contribution in [2.75, 3.05) is 5.32 Å². The maximum atomic E-state index is 12.5. The number of benzene rings is 2. The van der Waals surface area contributed by atoms with Gasteiger partial charge >= 0.3 is 0 Å². The van der Waals surface area contributed by atoms with Gasteiger partial charge in [0.1, 0.15) is 17.4 Å². The quantitative estimate of drug-likeness (QED) is 0.413. The molecule has 0 fully saturated rings. The summed E-state index contributed by atoms with van der Waals surface area (Å²) < 4.78 is 5.35. The van der Waals surface area contributed by atoms with Gasteiger partial charge in [0.05, 0.1) is 16.0 Å². The summed E-state index contributed by atoms with van der Waals surface area (Å²) in [6.45, 7) is 0. The molecule has 1 amide bonds. The van der Waals surface area contributed by atoms with Crippen molar-refractivity contribution in [3.05, 3.63) is 86.1 Å². The number of nitro groups is 1. The Morgan fingerprint density at radius 3 is 2.82 bits per heavy atom. The zero-order valence-electron chi connectivity index (χ0n) is 14.1. The summed E-state index contributed by atoms with van der Waals surface area (Å²) >= 11 is 1.15. The fraction of sp³-hybridized carbons (Fsp3) is 0. The van der Waals surface area contributed by atoms with Crippen LogP contribution in [0.5, 0.6) is 0 Å². The van der Waals surface area contributed by atoms with Gasteiger partial charge in [-0.25, -0.2) is 4.98 Å². The number of thiazole rings is 1. The van der Waals surface area contributed by atoms with Crippen LogP contribution in [0.25, 0.3) is 22.2 Å². The number of rotatable bonds is 4.